The molecule has 2 aliphatic rings. The molecule has 0 bridgehead atoms. The van der Waals surface area contributed by atoms with Gasteiger partial charge in [0, 0.05) is 30.0 Å². The summed E-state index contributed by atoms with van der Waals surface area (Å²) in [6, 6.07) is 3.08. The summed E-state index contributed by atoms with van der Waals surface area (Å²) in [6.45, 7) is 0.821. The summed E-state index contributed by atoms with van der Waals surface area (Å²) in [5, 5.41) is 14.0. The van der Waals surface area contributed by atoms with Gasteiger partial charge in [0.25, 0.3) is 0 Å². The van der Waals surface area contributed by atoms with Crippen LogP contribution in [0.15, 0.2) is 24.7 Å². The van der Waals surface area contributed by atoms with E-state index in [0.29, 0.717) is 35.9 Å². The van der Waals surface area contributed by atoms with Gasteiger partial charge in [0.1, 0.15) is 23.6 Å². The third kappa shape index (κ3) is 2.84. The van der Waals surface area contributed by atoms with Gasteiger partial charge in [-0.25, -0.2) is 13.8 Å². The average Bonchev–Trinajstić information content (AvgIpc) is 3.21. The normalized spacial score (nSPS) is 15.4. The average molecular weight is 368 g/mol. The first-order chi connectivity index (χ1) is 13.2. The number of aromatic nitrogens is 4. The second-order valence-electron chi connectivity index (χ2n) is 6.74. The molecule has 0 spiro atoms. The highest BCUT2D eigenvalue weighted by atomic mass is 19.1. The first-order valence-corrected chi connectivity index (χ1v) is 8.87. The highest BCUT2D eigenvalue weighted by molar-refractivity contribution is 5.96. The SMILES string of the molecule is O=C(Nc1cnc(NCc2c(F)ccc3c2CCO3)n2cnnc12)C1CC1. The number of amides is 1. The van der Waals surface area contributed by atoms with Crippen LogP contribution in [0.1, 0.15) is 24.0 Å². The van der Waals surface area contributed by atoms with Gasteiger partial charge in [-0.2, -0.15) is 0 Å². The van der Waals surface area contributed by atoms with E-state index in [4.69, 9.17) is 4.74 Å². The molecule has 1 saturated carbocycles. The van der Waals surface area contributed by atoms with Gasteiger partial charge in [-0.1, -0.05) is 0 Å². The Morgan fingerprint density at radius 1 is 1.37 bits per heavy atom. The van der Waals surface area contributed by atoms with Crippen LogP contribution in [0.2, 0.25) is 0 Å². The molecule has 27 heavy (non-hydrogen) atoms. The van der Waals surface area contributed by atoms with Gasteiger partial charge < -0.3 is 15.4 Å². The third-order valence-corrected chi connectivity index (χ3v) is 4.90. The van der Waals surface area contributed by atoms with Gasteiger partial charge in [0.2, 0.25) is 11.9 Å². The van der Waals surface area contributed by atoms with Crippen LogP contribution in [0.25, 0.3) is 5.65 Å². The summed E-state index contributed by atoms with van der Waals surface area (Å²) < 4.78 is 21.4. The van der Waals surface area contributed by atoms with E-state index in [-0.39, 0.29) is 24.2 Å². The van der Waals surface area contributed by atoms with E-state index in [1.807, 2.05) is 0 Å². The molecule has 0 radical (unpaired) electrons. The molecular weight excluding hydrogens is 351 g/mol. The first kappa shape index (κ1) is 16.0. The molecule has 1 aromatic carbocycles. The zero-order chi connectivity index (χ0) is 18.4. The van der Waals surface area contributed by atoms with E-state index < -0.39 is 0 Å². The van der Waals surface area contributed by atoms with Crippen molar-refractivity contribution in [3.63, 3.8) is 0 Å². The van der Waals surface area contributed by atoms with Crippen LogP contribution in [0.5, 0.6) is 5.75 Å². The molecule has 3 aromatic rings. The molecular formula is C18H17FN6O2. The molecule has 1 amide bonds. The summed E-state index contributed by atoms with van der Waals surface area (Å²) in [5.74, 6) is 0.976. The Bertz CT molecular complexity index is 1050. The number of hydrogen-bond donors (Lipinski definition) is 2. The zero-order valence-electron chi connectivity index (χ0n) is 14.4. The first-order valence-electron chi connectivity index (χ1n) is 8.87. The topological polar surface area (TPSA) is 93.4 Å². The van der Waals surface area contributed by atoms with Crippen molar-refractivity contribution in [3.05, 3.63) is 41.6 Å². The van der Waals surface area contributed by atoms with Gasteiger partial charge in [-0.15, -0.1) is 10.2 Å². The van der Waals surface area contributed by atoms with E-state index in [2.05, 4.69) is 25.8 Å². The van der Waals surface area contributed by atoms with Crippen LogP contribution in [0, 0.1) is 11.7 Å². The lowest BCUT2D eigenvalue weighted by molar-refractivity contribution is -0.117. The molecule has 2 aromatic heterocycles. The lowest BCUT2D eigenvalue weighted by atomic mass is 10.0. The molecule has 9 heteroatoms. The Kier molecular flexibility index (Phi) is 3.66. The maximum absolute atomic E-state index is 14.3. The Morgan fingerprint density at radius 2 is 2.26 bits per heavy atom. The quantitative estimate of drug-likeness (QED) is 0.717. The minimum atomic E-state index is -0.278. The van der Waals surface area contributed by atoms with Crippen LogP contribution in [-0.4, -0.2) is 32.1 Å². The maximum Gasteiger partial charge on any atom is 0.227 e. The second-order valence-corrected chi connectivity index (χ2v) is 6.74. The highest BCUT2D eigenvalue weighted by Gasteiger charge is 2.30. The molecule has 8 nitrogen and oxygen atoms in total. The Morgan fingerprint density at radius 3 is 3.11 bits per heavy atom. The fourth-order valence-electron chi connectivity index (χ4n) is 3.29. The van der Waals surface area contributed by atoms with Crippen molar-refractivity contribution in [2.24, 2.45) is 5.92 Å². The Labute approximate surface area is 153 Å². The zero-order valence-corrected chi connectivity index (χ0v) is 14.4. The largest absolute Gasteiger partial charge is 0.493 e. The number of benzene rings is 1. The summed E-state index contributed by atoms with van der Waals surface area (Å²) in [5.41, 5.74) is 2.45. The number of halogens is 1. The van der Waals surface area contributed by atoms with Gasteiger partial charge in [0.05, 0.1) is 12.8 Å². The van der Waals surface area contributed by atoms with E-state index in [1.165, 1.54) is 12.4 Å². The highest BCUT2D eigenvalue weighted by Crippen LogP contribution is 2.32. The summed E-state index contributed by atoms with van der Waals surface area (Å²) in [6.07, 6.45) is 5.57. The van der Waals surface area contributed by atoms with E-state index in [0.717, 1.165) is 24.2 Å². The standard InChI is InChI=1S/C18H17FN6O2/c19-13-3-4-15-11(5-6-27-15)12(13)7-20-18-21-8-14(16-24-22-9-25(16)18)23-17(26)10-1-2-10/h3-4,8-10H,1-2,5-7H2,(H,20,21)(H,23,26). The number of carbonyl (C=O) groups is 1. The smallest absolute Gasteiger partial charge is 0.227 e. The van der Waals surface area contributed by atoms with Crippen molar-refractivity contribution >= 4 is 23.2 Å². The molecule has 0 atom stereocenters. The van der Waals surface area contributed by atoms with Crippen LogP contribution in [0.4, 0.5) is 16.0 Å². The van der Waals surface area contributed by atoms with Gasteiger partial charge in [-0.3, -0.25) is 4.79 Å². The molecule has 5 rings (SSSR count). The fraction of sp³-hybridized carbons (Fsp3) is 0.333. The van der Waals surface area contributed by atoms with Crippen LogP contribution in [0.3, 0.4) is 0 Å². The van der Waals surface area contributed by atoms with Crippen LogP contribution in [-0.2, 0) is 17.8 Å². The molecule has 1 fully saturated rings. The van der Waals surface area contributed by atoms with Crippen LogP contribution < -0.4 is 15.4 Å². The number of ether oxygens (including phenoxy) is 1. The van der Waals surface area contributed by atoms with Gasteiger partial charge >= 0.3 is 0 Å². The number of hydrogen-bond acceptors (Lipinski definition) is 6. The lowest BCUT2D eigenvalue weighted by Crippen LogP contribution is -2.15. The third-order valence-electron chi connectivity index (χ3n) is 4.90. The van der Waals surface area contributed by atoms with E-state index in [9.17, 15) is 9.18 Å². The summed E-state index contributed by atoms with van der Waals surface area (Å²) >= 11 is 0. The molecule has 2 N–H and O–H groups in total. The number of anilines is 2. The molecule has 1 aliphatic carbocycles. The van der Waals surface area contributed by atoms with E-state index in [1.54, 1.807) is 16.7 Å². The minimum absolute atomic E-state index is 0.0238. The number of fused-ring (bicyclic) bond motifs is 2. The minimum Gasteiger partial charge on any atom is -0.493 e. The Balaban J connectivity index is 1.41. The molecule has 1 aliphatic heterocycles. The number of rotatable bonds is 5. The van der Waals surface area contributed by atoms with Crippen molar-refractivity contribution in [1.82, 2.24) is 19.6 Å². The summed E-state index contributed by atoms with van der Waals surface area (Å²) in [7, 11) is 0. The van der Waals surface area contributed by atoms with Gasteiger partial charge in [-0.05, 0) is 25.0 Å². The second kappa shape index (κ2) is 6.19. The summed E-state index contributed by atoms with van der Waals surface area (Å²) in [4.78, 5) is 16.4. The van der Waals surface area contributed by atoms with Crippen molar-refractivity contribution in [3.8, 4) is 5.75 Å². The molecule has 0 saturated heterocycles. The Hall–Kier alpha value is -3.23. The fourth-order valence-corrected chi connectivity index (χ4v) is 3.29. The monoisotopic (exact) mass is 368 g/mol. The number of carbonyl (C=O) groups excluding carboxylic acids is 1. The van der Waals surface area contributed by atoms with Gasteiger partial charge in [0.15, 0.2) is 5.65 Å². The molecule has 138 valence electrons. The van der Waals surface area contributed by atoms with Crippen molar-refractivity contribution in [1.29, 1.82) is 0 Å². The van der Waals surface area contributed by atoms with Crippen molar-refractivity contribution in [2.45, 2.75) is 25.8 Å². The lowest BCUT2D eigenvalue weighted by Gasteiger charge is -2.12. The number of nitrogens with one attached hydrogen (secondary N) is 2. The van der Waals surface area contributed by atoms with E-state index >= 15 is 0 Å². The predicted molar refractivity (Wildman–Crippen MR) is 95.1 cm³/mol. The maximum atomic E-state index is 14.3. The van der Waals surface area contributed by atoms with Crippen molar-refractivity contribution < 1.29 is 13.9 Å². The predicted octanol–water partition coefficient (Wildman–Crippen LogP) is 2.16. The number of nitrogens with zero attached hydrogens (tertiary/aromatic N) is 4. The van der Waals surface area contributed by atoms with Crippen molar-refractivity contribution in [2.75, 3.05) is 17.2 Å². The molecule has 0 unspecified atom stereocenters. The van der Waals surface area contributed by atoms with Crippen LogP contribution >= 0.6 is 0 Å². The molecule has 3 heterocycles.